The van der Waals surface area contributed by atoms with Gasteiger partial charge < -0.3 is 20.3 Å². The summed E-state index contributed by atoms with van der Waals surface area (Å²) in [6.07, 6.45) is 2.19. The molecule has 20 heavy (non-hydrogen) atoms. The van der Waals surface area contributed by atoms with Crippen LogP contribution in [-0.4, -0.2) is 21.7 Å². The second-order valence-electron chi connectivity index (χ2n) is 4.11. The zero-order chi connectivity index (χ0) is 14.4. The predicted octanol–water partition coefficient (Wildman–Crippen LogP) is 2.13. The van der Waals surface area contributed by atoms with Gasteiger partial charge in [0.15, 0.2) is 5.69 Å². The van der Waals surface area contributed by atoms with Gasteiger partial charge in [-0.1, -0.05) is 25.1 Å². The van der Waals surface area contributed by atoms with E-state index < -0.39 is 0 Å². The minimum absolute atomic E-state index is 0.125. The van der Waals surface area contributed by atoms with E-state index in [0.29, 0.717) is 23.8 Å². The van der Waals surface area contributed by atoms with Gasteiger partial charge in [0.25, 0.3) is 0 Å². The van der Waals surface area contributed by atoms with Crippen molar-refractivity contribution in [2.75, 3.05) is 12.3 Å². The maximum atomic E-state index is 9.27. The molecule has 0 unspecified atom stereocenters. The summed E-state index contributed by atoms with van der Waals surface area (Å²) < 4.78 is 11.1. The molecule has 0 amide bonds. The van der Waals surface area contributed by atoms with E-state index in [1.54, 1.807) is 18.2 Å². The van der Waals surface area contributed by atoms with Crippen LogP contribution in [0.2, 0.25) is 0 Å². The molecular formula is C14H17N3O3. The molecule has 6 nitrogen and oxygen atoms in total. The number of ether oxygens (including phenoxy) is 2. The van der Waals surface area contributed by atoms with Crippen molar-refractivity contribution in [1.82, 2.24) is 9.97 Å². The summed E-state index contributed by atoms with van der Waals surface area (Å²) in [5.41, 5.74) is 6.82. The summed E-state index contributed by atoms with van der Waals surface area (Å²) >= 11 is 0. The minimum Gasteiger partial charge on any atom is -0.476 e. The first-order valence-electron chi connectivity index (χ1n) is 6.36. The maximum absolute atomic E-state index is 9.27. The second kappa shape index (κ2) is 6.72. The number of hydrogen-bond donors (Lipinski definition) is 2. The van der Waals surface area contributed by atoms with Gasteiger partial charge in [0, 0.05) is 5.56 Å². The van der Waals surface area contributed by atoms with Crippen LogP contribution in [-0.2, 0) is 6.61 Å². The first-order chi connectivity index (χ1) is 9.76. The molecule has 0 radical (unpaired) electrons. The number of nitrogens with zero attached hydrogens (tertiary/aromatic N) is 2. The lowest BCUT2D eigenvalue weighted by Crippen LogP contribution is -2.04. The molecule has 1 aromatic carbocycles. The van der Waals surface area contributed by atoms with Gasteiger partial charge >= 0.3 is 0 Å². The van der Waals surface area contributed by atoms with Crippen LogP contribution in [0.15, 0.2) is 30.6 Å². The number of anilines is 1. The van der Waals surface area contributed by atoms with Crippen LogP contribution in [0.4, 0.5) is 5.69 Å². The van der Waals surface area contributed by atoms with Crippen molar-refractivity contribution in [3.05, 3.63) is 36.2 Å². The molecule has 0 saturated heterocycles. The highest BCUT2D eigenvalue weighted by atomic mass is 16.5. The van der Waals surface area contributed by atoms with E-state index in [1.807, 2.05) is 13.0 Å². The van der Waals surface area contributed by atoms with Crippen LogP contribution < -0.4 is 15.2 Å². The number of aromatic nitrogens is 2. The molecule has 1 heterocycles. The number of rotatable bonds is 6. The summed E-state index contributed by atoms with van der Waals surface area (Å²) in [7, 11) is 0. The average molecular weight is 275 g/mol. The Morgan fingerprint density at radius 1 is 1.20 bits per heavy atom. The van der Waals surface area contributed by atoms with Gasteiger partial charge in [0.2, 0.25) is 11.8 Å². The minimum atomic E-state index is -0.125. The monoisotopic (exact) mass is 275 g/mol. The number of nitrogens with two attached hydrogens (primary N) is 1. The average Bonchev–Trinajstić information content (AvgIpc) is 2.48. The number of aliphatic hydroxyl groups excluding tert-OH is 1. The van der Waals surface area contributed by atoms with Crippen LogP contribution >= 0.6 is 0 Å². The molecule has 1 aromatic heterocycles. The van der Waals surface area contributed by atoms with Gasteiger partial charge in [0.05, 0.1) is 13.2 Å². The molecule has 0 bridgehead atoms. The Morgan fingerprint density at radius 3 is 2.70 bits per heavy atom. The quantitative estimate of drug-likeness (QED) is 0.839. The molecular weight excluding hydrogens is 258 g/mol. The number of benzene rings is 1. The van der Waals surface area contributed by atoms with E-state index >= 15 is 0 Å². The molecule has 6 heteroatoms. The van der Waals surface area contributed by atoms with E-state index in [9.17, 15) is 5.11 Å². The van der Waals surface area contributed by atoms with Gasteiger partial charge in [-0.15, -0.1) is 0 Å². The van der Waals surface area contributed by atoms with Gasteiger partial charge in [0.1, 0.15) is 12.1 Å². The Balaban J connectivity index is 2.25. The normalized spacial score (nSPS) is 10.3. The fraction of sp³-hybridized carbons (Fsp3) is 0.286. The van der Waals surface area contributed by atoms with Crippen molar-refractivity contribution in [2.24, 2.45) is 0 Å². The van der Waals surface area contributed by atoms with Crippen LogP contribution in [0.25, 0.3) is 0 Å². The summed E-state index contributed by atoms with van der Waals surface area (Å²) in [6.45, 7) is 2.39. The fourth-order valence-corrected chi connectivity index (χ4v) is 1.60. The van der Waals surface area contributed by atoms with Crippen molar-refractivity contribution in [2.45, 2.75) is 20.0 Å². The van der Waals surface area contributed by atoms with Crippen LogP contribution in [0.5, 0.6) is 17.5 Å². The van der Waals surface area contributed by atoms with Gasteiger partial charge in [-0.05, 0) is 12.5 Å². The maximum Gasteiger partial charge on any atom is 0.249 e. The first kappa shape index (κ1) is 14.1. The van der Waals surface area contributed by atoms with Crippen molar-refractivity contribution in [3.8, 4) is 17.5 Å². The van der Waals surface area contributed by atoms with Crippen LogP contribution in [0.1, 0.15) is 18.9 Å². The van der Waals surface area contributed by atoms with Crippen molar-refractivity contribution in [3.63, 3.8) is 0 Å². The summed E-state index contributed by atoms with van der Waals surface area (Å²) in [5.74, 6) is 1.02. The standard InChI is InChI=1S/C14H17N3O3/c1-2-7-19-13-12(15)14(17-9-16-13)20-11-6-4-3-5-10(11)8-18/h3-6,9,18H,2,7-8,15H2,1H3. The lowest BCUT2D eigenvalue weighted by Gasteiger charge is -2.12. The zero-order valence-corrected chi connectivity index (χ0v) is 11.2. The zero-order valence-electron chi connectivity index (χ0n) is 11.2. The molecule has 106 valence electrons. The van der Waals surface area contributed by atoms with Crippen molar-refractivity contribution >= 4 is 5.69 Å². The van der Waals surface area contributed by atoms with Gasteiger partial charge in [-0.25, -0.2) is 0 Å². The summed E-state index contributed by atoms with van der Waals surface area (Å²) in [4.78, 5) is 7.97. The second-order valence-corrected chi connectivity index (χ2v) is 4.11. The van der Waals surface area contributed by atoms with Crippen LogP contribution in [0, 0.1) is 0 Å². The van der Waals surface area contributed by atoms with E-state index in [0.717, 1.165) is 6.42 Å². The molecule has 2 aromatic rings. The predicted molar refractivity (Wildman–Crippen MR) is 74.7 cm³/mol. The highest BCUT2D eigenvalue weighted by Gasteiger charge is 2.12. The third kappa shape index (κ3) is 3.16. The Morgan fingerprint density at radius 2 is 1.95 bits per heavy atom. The largest absolute Gasteiger partial charge is 0.476 e. The molecule has 0 aliphatic carbocycles. The Hall–Kier alpha value is -2.34. The van der Waals surface area contributed by atoms with Gasteiger partial charge in [-0.2, -0.15) is 9.97 Å². The lowest BCUT2D eigenvalue weighted by molar-refractivity contribution is 0.276. The van der Waals surface area contributed by atoms with Gasteiger partial charge in [-0.3, -0.25) is 0 Å². The van der Waals surface area contributed by atoms with Crippen molar-refractivity contribution in [1.29, 1.82) is 0 Å². The topological polar surface area (TPSA) is 90.5 Å². The van der Waals surface area contributed by atoms with E-state index in [1.165, 1.54) is 6.33 Å². The highest BCUT2D eigenvalue weighted by Crippen LogP contribution is 2.32. The van der Waals surface area contributed by atoms with E-state index in [4.69, 9.17) is 15.2 Å². The molecule has 0 atom stereocenters. The third-order valence-electron chi connectivity index (χ3n) is 2.60. The molecule has 0 saturated carbocycles. The number of nitrogen functional groups attached to an aromatic ring is 1. The van der Waals surface area contributed by atoms with E-state index in [2.05, 4.69) is 9.97 Å². The summed E-state index contributed by atoms with van der Waals surface area (Å²) in [6, 6.07) is 7.12. The number of hydrogen-bond acceptors (Lipinski definition) is 6. The SMILES string of the molecule is CCCOc1ncnc(Oc2ccccc2CO)c1N. The molecule has 3 N–H and O–H groups in total. The van der Waals surface area contributed by atoms with E-state index in [-0.39, 0.29) is 18.2 Å². The fourth-order valence-electron chi connectivity index (χ4n) is 1.60. The Labute approximate surface area is 117 Å². The molecule has 0 aliphatic rings. The first-order valence-corrected chi connectivity index (χ1v) is 6.36. The highest BCUT2D eigenvalue weighted by molar-refractivity contribution is 5.57. The lowest BCUT2D eigenvalue weighted by atomic mass is 10.2. The Kier molecular flexibility index (Phi) is 4.73. The molecule has 0 fully saturated rings. The number of aliphatic hydroxyl groups is 1. The molecule has 0 spiro atoms. The smallest absolute Gasteiger partial charge is 0.249 e. The third-order valence-corrected chi connectivity index (χ3v) is 2.60. The number of para-hydroxylation sites is 1. The Bertz CT molecular complexity index is 575. The molecule has 0 aliphatic heterocycles. The van der Waals surface area contributed by atoms with Crippen LogP contribution in [0.3, 0.4) is 0 Å². The van der Waals surface area contributed by atoms with Crippen molar-refractivity contribution < 1.29 is 14.6 Å². The summed E-state index contributed by atoms with van der Waals surface area (Å²) in [5, 5.41) is 9.27. The molecule has 2 rings (SSSR count).